The van der Waals surface area contributed by atoms with E-state index in [0.717, 1.165) is 6.42 Å². The van der Waals surface area contributed by atoms with Gasteiger partial charge in [0.2, 0.25) is 0 Å². The van der Waals surface area contributed by atoms with Crippen LogP contribution in [0.4, 0.5) is 0 Å². The number of aryl methyl sites for hydroxylation is 3. The number of hydrogen-bond acceptors (Lipinski definition) is 2. The lowest BCUT2D eigenvalue weighted by Crippen LogP contribution is -2.04. The minimum Gasteiger partial charge on any atom is -0.772 e. The summed E-state index contributed by atoms with van der Waals surface area (Å²) in [6.07, 6.45) is 5.51. The van der Waals surface area contributed by atoms with Crippen LogP contribution < -0.4 is 0 Å². The molecule has 1 aromatic carbocycles. The molecular weight excluding hydrogens is 244 g/mol. The molecule has 0 N–H and O–H groups in total. The molecule has 3 heteroatoms. The Labute approximate surface area is 113 Å². The normalized spacial score (nSPS) is 12.7. The third kappa shape index (κ3) is 4.91. The van der Waals surface area contributed by atoms with E-state index in [2.05, 4.69) is 32.9 Å². The molecule has 0 aliphatic rings. The Balaban J connectivity index is 2.74. The highest BCUT2D eigenvalue weighted by atomic mass is 32.2. The molecule has 0 aromatic heterocycles. The van der Waals surface area contributed by atoms with Gasteiger partial charge < -0.3 is 4.55 Å². The van der Waals surface area contributed by atoms with Crippen LogP contribution in [0.1, 0.15) is 48.4 Å². The van der Waals surface area contributed by atoms with E-state index < -0.39 is 11.1 Å². The first-order chi connectivity index (χ1) is 8.54. The monoisotopic (exact) mass is 267 g/mol. The first kappa shape index (κ1) is 15.4. The SMILES string of the molecule is CCCCCc1cc(C)c(CCS(=O)[O-])c(C)c1. The molecule has 0 spiro atoms. The average Bonchev–Trinajstić information content (AvgIpc) is 2.28. The van der Waals surface area contributed by atoms with Crippen molar-refractivity contribution in [3.8, 4) is 0 Å². The van der Waals surface area contributed by atoms with Gasteiger partial charge in [0.25, 0.3) is 0 Å². The van der Waals surface area contributed by atoms with E-state index in [-0.39, 0.29) is 5.75 Å². The molecule has 0 aliphatic heterocycles. The molecule has 0 bridgehead atoms. The van der Waals surface area contributed by atoms with Crippen LogP contribution in [0.3, 0.4) is 0 Å². The van der Waals surface area contributed by atoms with Gasteiger partial charge in [-0.15, -0.1) is 0 Å². The third-order valence-corrected chi connectivity index (χ3v) is 3.88. The van der Waals surface area contributed by atoms with Gasteiger partial charge in [-0.1, -0.05) is 43.0 Å². The van der Waals surface area contributed by atoms with Gasteiger partial charge in [0.05, 0.1) is 0 Å². The Morgan fingerprint density at radius 2 is 1.72 bits per heavy atom. The van der Waals surface area contributed by atoms with Gasteiger partial charge in [0, 0.05) is 5.75 Å². The Kier molecular flexibility index (Phi) is 6.58. The molecule has 0 amide bonds. The van der Waals surface area contributed by atoms with E-state index in [4.69, 9.17) is 0 Å². The van der Waals surface area contributed by atoms with Crippen LogP contribution in [0, 0.1) is 13.8 Å². The van der Waals surface area contributed by atoms with Crippen molar-refractivity contribution >= 4 is 11.1 Å². The lowest BCUT2D eigenvalue weighted by atomic mass is 9.95. The van der Waals surface area contributed by atoms with E-state index in [1.807, 2.05) is 0 Å². The van der Waals surface area contributed by atoms with Crippen molar-refractivity contribution < 1.29 is 8.76 Å². The highest BCUT2D eigenvalue weighted by Gasteiger charge is 2.05. The Morgan fingerprint density at radius 1 is 1.11 bits per heavy atom. The number of benzene rings is 1. The van der Waals surface area contributed by atoms with Crippen molar-refractivity contribution in [2.24, 2.45) is 0 Å². The molecule has 1 unspecified atom stereocenters. The van der Waals surface area contributed by atoms with E-state index >= 15 is 0 Å². The molecule has 0 radical (unpaired) electrons. The van der Waals surface area contributed by atoms with Crippen LogP contribution in [0.5, 0.6) is 0 Å². The quantitative estimate of drug-likeness (QED) is 0.560. The molecule has 18 heavy (non-hydrogen) atoms. The lowest BCUT2D eigenvalue weighted by molar-refractivity contribution is 0.536. The maximum atomic E-state index is 10.6. The van der Waals surface area contributed by atoms with Crippen LogP contribution in [-0.4, -0.2) is 14.5 Å². The van der Waals surface area contributed by atoms with Gasteiger partial charge in [0.15, 0.2) is 0 Å². The van der Waals surface area contributed by atoms with Gasteiger partial charge >= 0.3 is 0 Å². The summed E-state index contributed by atoms with van der Waals surface area (Å²) in [5.74, 6) is 0.219. The Morgan fingerprint density at radius 3 is 2.22 bits per heavy atom. The zero-order valence-corrected chi connectivity index (χ0v) is 12.4. The minimum absolute atomic E-state index is 0.219. The van der Waals surface area contributed by atoms with Crippen LogP contribution in [0.2, 0.25) is 0 Å². The van der Waals surface area contributed by atoms with E-state index in [1.165, 1.54) is 41.5 Å². The van der Waals surface area contributed by atoms with Crippen molar-refractivity contribution in [2.45, 2.75) is 52.9 Å². The second kappa shape index (κ2) is 7.70. The topological polar surface area (TPSA) is 40.1 Å². The maximum Gasteiger partial charge on any atom is 0.0142 e. The third-order valence-electron chi connectivity index (χ3n) is 3.34. The fourth-order valence-corrected chi connectivity index (χ4v) is 2.76. The maximum absolute atomic E-state index is 10.6. The second-order valence-electron chi connectivity index (χ2n) is 4.92. The fourth-order valence-electron chi connectivity index (χ4n) is 2.39. The smallest absolute Gasteiger partial charge is 0.0142 e. The van der Waals surface area contributed by atoms with Gasteiger partial charge in [0.1, 0.15) is 0 Å². The summed E-state index contributed by atoms with van der Waals surface area (Å²) in [6, 6.07) is 4.43. The summed E-state index contributed by atoms with van der Waals surface area (Å²) >= 11 is -1.94. The Bertz CT molecular complexity index is 390. The lowest BCUT2D eigenvalue weighted by Gasteiger charge is -2.13. The average molecular weight is 267 g/mol. The van der Waals surface area contributed by atoms with Crippen molar-refractivity contribution in [3.63, 3.8) is 0 Å². The van der Waals surface area contributed by atoms with Gasteiger partial charge in [-0.2, -0.15) is 0 Å². The summed E-state index contributed by atoms with van der Waals surface area (Å²) in [5.41, 5.74) is 5.03. The molecule has 0 saturated carbocycles. The summed E-state index contributed by atoms with van der Waals surface area (Å²) in [7, 11) is 0. The molecule has 2 nitrogen and oxygen atoms in total. The number of hydrogen-bond donors (Lipinski definition) is 0. The van der Waals surface area contributed by atoms with Crippen LogP contribution in [0.25, 0.3) is 0 Å². The zero-order chi connectivity index (χ0) is 13.5. The molecule has 1 rings (SSSR count). The molecule has 0 heterocycles. The van der Waals surface area contributed by atoms with Gasteiger partial charge in [-0.25, -0.2) is 0 Å². The molecular formula is C15H23O2S-. The molecule has 0 fully saturated rings. The highest BCUT2D eigenvalue weighted by Crippen LogP contribution is 2.19. The first-order valence-electron chi connectivity index (χ1n) is 6.69. The minimum atomic E-state index is -1.94. The van der Waals surface area contributed by atoms with Crippen LogP contribution >= 0.6 is 0 Å². The molecule has 102 valence electrons. The molecule has 0 saturated heterocycles. The van der Waals surface area contributed by atoms with Crippen molar-refractivity contribution in [1.29, 1.82) is 0 Å². The predicted molar refractivity (Wildman–Crippen MR) is 76.6 cm³/mol. The van der Waals surface area contributed by atoms with Crippen molar-refractivity contribution in [1.82, 2.24) is 0 Å². The summed E-state index contributed by atoms with van der Waals surface area (Å²) in [5, 5.41) is 0. The Hall–Kier alpha value is -0.670. The summed E-state index contributed by atoms with van der Waals surface area (Å²) < 4.78 is 21.3. The predicted octanol–water partition coefficient (Wildman–Crippen LogP) is 3.46. The summed E-state index contributed by atoms with van der Waals surface area (Å²) in [6.45, 7) is 6.38. The fraction of sp³-hybridized carbons (Fsp3) is 0.600. The molecule has 1 atom stereocenters. The van der Waals surface area contributed by atoms with Crippen LogP contribution in [-0.2, 0) is 23.9 Å². The second-order valence-corrected chi connectivity index (χ2v) is 5.94. The van der Waals surface area contributed by atoms with E-state index in [0.29, 0.717) is 6.42 Å². The van der Waals surface area contributed by atoms with Gasteiger partial charge in [-0.3, -0.25) is 4.21 Å². The van der Waals surface area contributed by atoms with E-state index in [1.54, 1.807) is 0 Å². The van der Waals surface area contributed by atoms with Crippen LogP contribution in [0.15, 0.2) is 12.1 Å². The standard InChI is InChI=1S/C15H24O2S/c1-4-5-6-7-14-10-12(2)15(13(3)11-14)8-9-18(16)17/h10-11H,4-9H2,1-3H3,(H,16,17)/p-1. The van der Waals surface area contributed by atoms with Crippen molar-refractivity contribution in [3.05, 3.63) is 34.4 Å². The molecule has 0 aliphatic carbocycles. The first-order valence-corrected chi connectivity index (χ1v) is 7.93. The zero-order valence-electron chi connectivity index (χ0n) is 11.6. The number of rotatable bonds is 7. The largest absolute Gasteiger partial charge is 0.772 e. The van der Waals surface area contributed by atoms with Gasteiger partial charge in [-0.05, 0) is 55.4 Å². The van der Waals surface area contributed by atoms with E-state index in [9.17, 15) is 8.76 Å². The number of unbranched alkanes of at least 4 members (excludes halogenated alkanes) is 2. The highest BCUT2D eigenvalue weighted by molar-refractivity contribution is 7.79. The molecule has 1 aromatic rings. The summed E-state index contributed by atoms with van der Waals surface area (Å²) in [4.78, 5) is 0. The van der Waals surface area contributed by atoms with Crippen molar-refractivity contribution in [2.75, 3.05) is 5.75 Å².